The summed E-state index contributed by atoms with van der Waals surface area (Å²) in [4.78, 5) is 9.09. The largest absolute Gasteiger partial charge is 0.495 e. The molecule has 7 nitrogen and oxygen atoms in total. The van der Waals surface area contributed by atoms with E-state index in [0.717, 1.165) is 35.0 Å². The molecule has 0 bridgehead atoms. The van der Waals surface area contributed by atoms with E-state index in [1.54, 1.807) is 24.3 Å². The van der Waals surface area contributed by atoms with E-state index in [-0.39, 0.29) is 5.69 Å². The molecule has 0 radical (unpaired) electrons. The van der Waals surface area contributed by atoms with Crippen molar-refractivity contribution in [3.63, 3.8) is 0 Å². The van der Waals surface area contributed by atoms with Crippen LogP contribution in [0.4, 0.5) is 15.9 Å². The highest BCUT2D eigenvalue weighted by atomic mass is 32.2. The number of methoxy groups -OCH3 is 1. The lowest BCUT2D eigenvalue weighted by atomic mass is 10.1. The van der Waals surface area contributed by atoms with Crippen molar-refractivity contribution in [2.75, 3.05) is 17.6 Å². The number of benzene rings is 2. The third-order valence-electron chi connectivity index (χ3n) is 6.36. The average molecular weight is 480 g/mol. The van der Waals surface area contributed by atoms with E-state index in [2.05, 4.69) is 19.3 Å². The maximum atomic E-state index is 15.2. The number of anilines is 2. The minimum Gasteiger partial charge on any atom is -0.495 e. The Bertz CT molecular complexity index is 1400. The first-order chi connectivity index (χ1) is 16.5. The van der Waals surface area contributed by atoms with Gasteiger partial charge in [0.15, 0.2) is 11.0 Å². The monoisotopic (exact) mass is 479 g/mol. The van der Waals surface area contributed by atoms with Crippen molar-refractivity contribution in [1.29, 1.82) is 0 Å². The smallest absolute Gasteiger partial charge is 0.154 e. The highest BCUT2D eigenvalue weighted by Gasteiger charge is 2.23. The minimum absolute atomic E-state index is 0.133. The van der Waals surface area contributed by atoms with Gasteiger partial charge in [-0.2, -0.15) is 0 Å². The van der Waals surface area contributed by atoms with E-state index < -0.39 is 16.8 Å². The number of aryl methyl sites for hydroxylation is 1. The number of rotatable bonds is 6. The van der Waals surface area contributed by atoms with Gasteiger partial charge in [0.05, 0.1) is 18.2 Å². The fourth-order valence-electron chi connectivity index (χ4n) is 4.64. The van der Waals surface area contributed by atoms with Crippen LogP contribution in [-0.4, -0.2) is 25.9 Å². The molecule has 1 unspecified atom stereocenters. The molecule has 0 saturated heterocycles. The maximum Gasteiger partial charge on any atom is 0.154 e. The number of nitrogen functional groups attached to an aromatic ring is 1. The quantitative estimate of drug-likeness (QED) is 0.387. The molecule has 1 aliphatic rings. The fourth-order valence-corrected chi connectivity index (χ4v) is 5.63. The Labute approximate surface area is 199 Å². The molecule has 9 heteroatoms. The van der Waals surface area contributed by atoms with Crippen LogP contribution < -0.4 is 15.2 Å². The molecule has 4 aromatic rings. The van der Waals surface area contributed by atoms with Crippen molar-refractivity contribution in [2.24, 2.45) is 0 Å². The van der Waals surface area contributed by atoms with E-state index in [9.17, 15) is 4.21 Å². The molecular formula is C25H26FN5O2S. The molecule has 0 amide bonds. The van der Waals surface area contributed by atoms with E-state index >= 15 is 4.39 Å². The van der Waals surface area contributed by atoms with Crippen LogP contribution in [0.1, 0.15) is 37.3 Å². The van der Waals surface area contributed by atoms with Crippen LogP contribution in [0.2, 0.25) is 0 Å². The molecule has 2 heterocycles. The minimum atomic E-state index is -1.70. The van der Waals surface area contributed by atoms with Crippen molar-refractivity contribution in [1.82, 2.24) is 14.5 Å². The number of nitrogens with one attached hydrogen (secondary N) is 1. The van der Waals surface area contributed by atoms with Crippen molar-refractivity contribution in [3.8, 4) is 16.9 Å². The summed E-state index contributed by atoms with van der Waals surface area (Å²) < 4.78 is 38.3. The summed E-state index contributed by atoms with van der Waals surface area (Å²) in [6.45, 7) is 1.92. The number of halogens is 1. The third-order valence-corrected chi connectivity index (χ3v) is 7.50. The molecule has 2 aromatic heterocycles. The van der Waals surface area contributed by atoms with Gasteiger partial charge >= 0.3 is 0 Å². The van der Waals surface area contributed by atoms with Gasteiger partial charge < -0.3 is 15.0 Å². The van der Waals surface area contributed by atoms with E-state index in [1.165, 1.54) is 32.3 Å². The van der Waals surface area contributed by atoms with E-state index in [0.29, 0.717) is 28.1 Å². The lowest BCUT2D eigenvalue weighted by Gasteiger charge is -2.12. The zero-order valence-corrected chi connectivity index (χ0v) is 19.9. The van der Waals surface area contributed by atoms with Gasteiger partial charge in [0, 0.05) is 17.8 Å². The number of nitrogens with two attached hydrogens (primary N) is 1. The molecule has 1 aliphatic carbocycles. The van der Waals surface area contributed by atoms with Crippen LogP contribution in [0.15, 0.2) is 53.8 Å². The number of hydrogen-bond donors (Lipinski definition) is 2. The van der Waals surface area contributed by atoms with Crippen molar-refractivity contribution in [2.45, 2.75) is 43.5 Å². The number of nitrogens with zero attached hydrogens (tertiary/aromatic N) is 3. The van der Waals surface area contributed by atoms with Gasteiger partial charge in [-0.15, -0.1) is 0 Å². The predicted octanol–water partition coefficient (Wildman–Crippen LogP) is 5.39. The standard InChI is InChI=1S/C25H26FN5O2S/c1-15-7-10-22(21(11-15)33-2)34(32)30-20-9-8-16(12-19(20)26)18-13-31(17-5-3-4-6-17)25-23(18)24(27)28-14-29-25/h7-14,17,30H,3-6H2,1-2H3,(H2,27,28,29). The normalized spacial score (nSPS) is 15.0. The zero-order valence-electron chi connectivity index (χ0n) is 19.0. The Hall–Kier alpha value is -3.46. The molecule has 1 fully saturated rings. The third kappa shape index (κ3) is 4.00. The van der Waals surface area contributed by atoms with Gasteiger partial charge in [0.1, 0.15) is 34.3 Å². The van der Waals surface area contributed by atoms with Gasteiger partial charge in [-0.1, -0.05) is 25.0 Å². The summed E-state index contributed by atoms with van der Waals surface area (Å²) in [6, 6.07) is 10.5. The predicted molar refractivity (Wildman–Crippen MR) is 133 cm³/mol. The number of hydrogen-bond acceptors (Lipinski definition) is 5. The molecule has 1 saturated carbocycles. The second-order valence-corrected chi connectivity index (χ2v) is 9.75. The molecule has 5 rings (SSSR count). The van der Waals surface area contributed by atoms with Gasteiger partial charge in [-0.05, 0) is 55.2 Å². The summed E-state index contributed by atoms with van der Waals surface area (Å²) in [5.41, 5.74) is 9.54. The topological polar surface area (TPSA) is 95.1 Å². The first-order valence-electron chi connectivity index (χ1n) is 11.2. The molecule has 2 aromatic carbocycles. The highest BCUT2D eigenvalue weighted by Crippen LogP contribution is 2.39. The van der Waals surface area contributed by atoms with Gasteiger partial charge in [0.25, 0.3) is 0 Å². The average Bonchev–Trinajstić information content (AvgIpc) is 3.49. The van der Waals surface area contributed by atoms with E-state index in [1.807, 2.05) is 19.2 Å². The molecule has 3 N–H and O–H groups in total. The summed E-state index contributed by atoms with van der Waals surface area (Å²) in [5.74, 6) is 0.333. The zero-order chi connectivity index (χ0) is 23.8. The van der Waals surface area contributed by atoms with Crippen molar-refractivity contribution >= 4 is 33.5 Å². The lowest BCUT2D eigenvalue weighted by Crippen LogP contribution is -2.08. The molecular weight excluding hydrogens is 453 g/mol. The Morgan fingerprint density at radius 1 is 1.18 bits per heavy atom. The maximum absolute atomic E-state index is 15.2. The highest BCUT2D eigenvalue weighted by molar-refractivity contribution is 7.86. The fraction of sp³-hybridized carbons (Fsp3) is 0.280. The van der Waals surface area contributed by atoms with Gasteiger partial charge in [-0.25, -0.2) is 18.6 Å². The SMILES string of the molecule is COc1cc(C)ccc1S(=O)Nc1ccc(-c2cn(C3CCCC3)c3ncnc(N)c23)cc1F. The second kappa shape index (κ2) is 9.06. The van der Waals surface area contributed by atoms with E-state index in [4.69, 9.17) is 10.5 Å². The number of ether oxygens (including phenoxy) is 1. The molecule has 0 aliphatic heterocycles. The summed E-state index contributed by atoms with van der Waals surface area (Å²) in [5, 5.41) is 0.725. The van der Waals surface area contributed by atoms with Crippen LogP contribution >= 0.6 is 0 Å². The van der Waals surface area contributed by atoms with Crippen molar-refractivity contribution in [3.05, 3.63) is 60.3 Å². The number of aromatic nitrogens is 3. The Kier molecular flexibility index (Phi) is 5.95. The lowest BCUT2D eigenvalue weighted by molar-refractivity contribution is 0.404. The van der Waals surface area contributed by atoms with Crippen LogP contribution in [0, 0.1) is 12.7 Å². The second-order valence-electron chi connectivity index (χ2n) is 8.57. The summed E-state index contributed by atoms with van der Waals surface area (Å²) in [6.07, 6.45) is 7.99. The Morgan fingerprint density at radius 3 is 2.71 bits per heavy atom. The van der Waals surface area contributed by atoms with Crippen LogP contribution in [0.5, 0.6) is 5.75 Å². The summed E-state index contributed by atoms with van der Waals surface area (Å²) >= 11 is 0. The Balaban J connectivity index is 1.49. The molecule has 0 spiro atoms. The molecule has 176 valence electrons. The molecule has 1 atom stereocenters. The summed E-state index contributed by atoms with van der Waals surface area (Å²) in [7, 11) is -0.182. The first kappa shape index (κ1) is 22.3. The number of fused-ring (bicyclic) bond motifs is 1. The van der Waals surface area contributed by atoms with Crippen LogP contribution in [0.3, 0.4) is 0 Å². The van der Waals surface area contributed by atoms with Crippen LogP contribution in [-0.2, 0) is 11.0 Å². The van der Waals surface area contributed by atoms with Crippen LogP contribution in [0.25, 0.3) is 22.2 Å². The Morgan fingerprint density at radius 2 is 1.97 bits per heavy atom. The van der Waals surface area contributed by atoms with Gasteiger partial charge in [-0.3, -0.25) is 4.72 Å². The van der Waals surface area contributed by atoms with Crippen molar-refractivity contribution < 1.29 is 13.3 Å². The molecule has 34 heavy (non-hydrogen) atoms. The first-order valence-corrected chi connectivity index (χ1v) is 12.3. The van der Waals surface area contributed by atoms with Gasteiger partial charge in [0.2, 0.25) is 0 Å².